The van der Waals surface area contributed by atoms with Gasteiger partial charge in [-0.05, 0) is 37.1 Å². The van der Waals surface area contributed by atoms with E-state index in [0.29, 0.717) is 23.7 Å². The molecule has 1 aliphatic rings. The van der Waals surface area contributed by atoms with Gasteiger partial charge in [0.15, 0.2) is 0 Å². The van der Waals surface area contributed by atoms with E-state index in [1.54, 1.807) is 6.07 Å². The molecule has 0 amide bonds. The van der Waals surface area contributed by atoms with Crippen molar-refractivity contribution in [2.24, 2.45) is 0 Å². The summed E-state index contributed by atoms with van der Waals surface area (Å²) in [5.74, 6) is -1.24. The highest BCUT2D eigenvalue weighted by Gasteiger charge is 2.54. The Kier molecular flexibility index (Phi) is 10.9. The van der Waals surface area contributed by atoms with Gasteiger partial charge in [0, 0.05) is 32.4 Å². The van der Waals surface area contributed by atoms with Crippen molar-refractivity contribution < 1.29 is 18.7 Å². The molecule has 3 rings (SSSR count). The molecule has 9 heteroatoms. The molecule has 1 aliphatic carbocycles. The molecule has 0 aromatic heterocycles. The van der Waals surface area contributed by atoms with Crippen LogP contribution in [0.15, 0.2) is 36.4 Å². The first-order valence-electron chi connectivity index (χ1n) is 8.34. The Morgan fingerprint density at radius 1 is 1.14 bits per heavy atom. The van der Waals surface area contributed by atoms with Gasteiger partial charge in [0.1, 0.15) is 11.6 Å². The molecule has 0 saturated heterocycles. The van der Waals surface area contributed by atoms with Crippen LogP contribution < -0.4 is 0 Å². The Balaban J connectivity index is 0.000000251. The monoisotopic (exact) mass is 525 g/mol. The molecule has 0 unspecified atom stereocenters. The topological polar surface area (TPSA) is 61.1 Å². The predicted molar refractivity (Wildman–Crippen MR) is 115 cm³/mol. The third-order valence-corrected chi connectivity index (χ3v) is 5.70. The Morgan fingerprint density at radius 2 is 1.66 bits per heavy atom. The lowest BCUT2D eigenvalue weighted by atomic mass is 9.95. The molecule has 1 N–H and O–H groups in total. The van der Waals surface area contributed by atoms with Crippen molar-refractivity contribution in [1.82, 2.24) is 0 Å². The Morgan fingerprint density at radius 3 is 2.03 bits per heavy atom. The van der Waals surface area contributed by atoms with E-state index < -0.39 is 23.0 Å². The SMILES string of the molecule is ClCCBr.N#CCc1c(F)cccc1Cl.O=C(O)C1(c2c(F)cccc2Cl)CC1. The van der Waals surface area contributed by atoms with E-state index in [2.05, 4.69) is 15.9 Å². The standard InChI is InChI=1S/C10H8ClFO2.C8H5ClFN.C2H4BrCl/c11-6-2-1-3-7(12)8(6)10(4-5-10)9(13)14;9-7-2-1-3-8(10)6(7)4-5-11;3-1-2-4/h1-3H,4-5H2,(H,13,14);1-3H,4H2;1-2H2. The number of nitriles is 1. The van der Waals surface area contributed by atoms with Gasteiger partial charge in [-0.25, -0.2) is 8.78 Å². The van der Waals surface area contributed by atoms with Gasteiger partial charge in [0.05, 0.1) is 17.9 Å². The number of carboxylic acids is 1. The number of nitrogens with zero attached hydrogens (tertiary/aromatic N) is 1. The lowest BCUT2D eigenvalue weighted by Crippen LogP contribution is -2.21. The van der Waals surface area contributed by atoms with Crippen molar-refractivity contribution in [3.8, 4) is 6.07 Å². The Bertz CT molecular complexity index is 844. The summed E-state index contributed by atoms with van der Waals surface area (Å²) in [5, 5.41) is 18.7. The van der Waals surface area contributed by atoms with Crippen molar-refractivity contribution in [3.63, 3.8) is 0 Å². The average molecular weight is 528 g/mol. The zero-order valence-electron chi connectivity index (χ0n) is 15.1. The highest BCUT2D eigenvalue weighted by molar-refractivity contribution is 9.09. The lowest BCUT2D eigenvalue weighted by Gasteiger charge is -2.12. The summed E-state index contributed by atoms with van der Waals surface area (Å²) >= 11 is 19.7. The fourth-order valence-electron chi connectivity index (χ4n) is 2.43. The number of carboxylic acid groups (broad SMARTS) is 1. The molecule has 1 fully saturated rings. The van der Waals surface area contributed by atoms with Crippen LogP contribution in [0.2, 0.25) is 10.0 Å². The van der Waals surface area contributed by atoms with Gasteiger partial charge < -0.3 is 5.11 Å². The second-order valence-corrected chi connectivity index (χ2v) is 7.88. The normalized spacial score (nSPS) is 13.1. The number of hydrogen-bond acceptors (Lipinski definition) is 2. The van der Waals surface area contributed by atoms with E-state index in [-0.39, 0.29) is 22.6 Å². The molecule has 0 heterocycles. The summed E-state index contributed by atoms with van der Waals surface area (Å²) in [6, 6.07) is 10.4. The second-order valence-electron chi connectivity index (χ2n) is 5.90. The highest BCUT2D eigenvalue weighted by Crippen LogP contribution is 2.51. The summed E-state index contributed by atoms with van der Waals surface area (Å²) in [4.78, 5) is 11.0. The summed E-state index contributed by atoms with van der Waals surface area (Å²) in [7, 11) is 0. The van der Waals surface area contributed by atoms with Gasteiger partial charge in [0.25, 0.3) is 0 Å². The maximum Gasteiger partial charge on any atom is 0.314 e. The third-order valence-electron chi connectivity index (χ3n) is 3.99. The summed E-state index contributed by atoms with van der Waals surface area (Å²) < 4.78 is 26.2. The number of aliphatic carboxylic acids is 1. The summed E-state index contributed by atoms with van der Waals surface area (Å²) in [5.41, 5.74) is -0.659. The number of carbonyl (C=O) groups is 1. The molecule has 0 atom stereocenters. The molecule has 2 aromatic carbocycles. The quantitative estimate of drug-likeness (QED) is 0.447. The molecule has 0 spiro atoms. The second kappa shape index (κ2) is 12.3. The maximum atomic E-state index is 13.4. The van der Waals surface area contributed by atoms with Crippen molar-refractivity contribution in [3.05, 3.63) is 69.2 Å². The van der Waals surface area contributed by atoms with Crippen LogP contribution in [-0.2, 0) is 16.6 Å². The van der Waals surface area contributed by atoms with Crippen LogP contribution in [0.1, 0.15) is 24.0 Å². The van der Waals surface area contributed by atoms with Gasteiger partial charge in [-0.2, -0.15) is 5.26 Å². The van der Waals surface area contributed by atoms with Crippen LogP contribution in [0.25, 0.3) is 0 Å². The van der Waals surface area contributed by atoms with Gasteiger partial charge >= 0.3 is 5.97 Å². The smallest absolute Gasteiger partial charge is 0.314 e. The molecule has 3 nitrogen and oxygen atoms in total. The fourth-order valence-corrected chi connectivity index (χ4v) is 3.00. The van der Waals surface area contributed by atoms with Crippen LogP contribution in [0, 0.1) is 23.0 Å². The van der Waals surface area contributed by atoms with Crippen molar-refractivity contribution in [1.29, 1.82) is 5.26 Å². The largest absolute Gasteiger partial charge is 0.481 e. The average Bonchev–Trinajstić information content (AvgIpc) is 3.47. The van der Waals surface area contributed by atoms with E-state index in [0.717, 1.165) is 5.33 Å². The number of hydrogen-bond donors (Lipinski definition) is 1. The molecule has 0 radical (unpaired) electrons. The third kappa shape index (κ3) is 7.11. The van der Waals surface area contributed by atoms with Crippen molar-refractivity contribution in [2.75, 3.05) is 11.2 Å². The fraction of sp³-hybridized carbons (Fsp3) is 0.300. The molecule has 156 valence electrons. The number of benzene rings is 2. The molecule has 2 aromatic rings. The predicted octanol–water partition coefficient (Wildman–Crippen LogP) is 6.76. The highest BCUT2D eigenvalue weighted by atomic mass is 79.9. The van der Waals surface area contributed by atoms with Gasteiger partial charge in [-0.15, -0.1) is 11.6 Å². The zero-order valence-corrected chi connectivity index (χ0v) is 18.9. The Hall–Kier alpha value is -1.39. The van der Waals surface area contributed by atoms with E-state index in [9.17, 15) is 13.6 Å². The maximum absolute atomic E-state index is 13.4. The summed E-state index contributed by atoms with van der Waals surface area (Å²) in [6.45, 7) is 0. The first-order chi connectivity index (χ1) is 13.7. The first-order valence-corrected chi connectivity index (χ1v) is 10.8. The lowest BCUT2D eigenvalue weighted by molar-refractivity contribution is -0.140. The number of halogens is 6. The molecule has 0 bridgehead atoms. The number of rotatable bonds is 4. The Labute approximate surface area is 191 Å². The van der Waals surface area contributed by atoms with Crippen molar-refractivity contribution >= 4 is 56.7 Å². The molecule has 29 heavy (non-hydrogen) atoms. The van der Waals surface area contributed by atoms with Crippen LogP contribution in [0.4, 0.5) is 8.78 Å². The molecule has 1 saturated carbocycles. The summed E-state index contributed by atoms with van der Waals surface area (Å²) in [6.07, 6.45) is 0.942. The minimum atomic E-state index is -1.07. The van der Waals surface area contributed by atoms with Gasteiger partial charge in [-0.1, -0.05) is 51.3 Å². The molecule has 0 aliphatic heterocycles. The molecular weight excluding hydrogens is 510 g/mol. The molecular formula is C20H17BrCl3F2NO2. The first kappa shape index (κ1) is 25.6. The van der Waals surface area contributed by atoms with Crippen LogP contribution in [0.5, 0.6) is 0 Å². The minimum Gasteiger partial charge on any atom is -0.481 e. The van der Waals surface area contributed by atoms with E-state index >= 15 is 0 Å². The van der Waals surface area contributed by atoms with E-state index in [1.165, 1.54) is 30.3 Å². The van der Waals surface area contributed by atoms with Gasteiger partial charge in [-0.3, -0.25) is 4.79 Å². The number of alkyl halides is 2. The van der Waals surface area contributed by atoms with Crippen LogP contribution >= 0.6 is 50.7 Å². The van der Waals surface area contributed by atoms with E-state index in [4.69, 9.17) is 45.2 Å². The van der Waals surface area contributed by atoms with Crippen molar-refractivity contribution in [2.45, 2.75) is 24.7 Å². The van der Waals surface area contributed by atoms with Crippen LogP contribution in [0.3, 0.4) is 0 Å². The van der Waals surface area contributed by atoms with Crippen LogP contribution in [-0.4, -0.2) is 22.3 Å². The zero-order chi connectivity index (χ0) is 22.0. The van der Waals surface area contributed by atoms with Gasteiger partial charge in [0.2, 0.25) is 0 Å². The minimum absolute atomic E-state index is 0.0194. The van der Waals surface area contributed by atoms with E-state index in [1.807, 2.05) is 6.07 Å².